The van der Waals surface area contributed by atoms with Gasteiger partial charge in [0, 0.05) is 52.1 Å². The van der Waals surface area contributed by atoms with Crippen LogP contribution in [0, 0.1) is 5.92 Å². The van der Waals surface area contributed by atoms with Crippen molar-refractivity contribution in [1.29, 1.82) is 0 Å². The Morgan fingerprint density at radius 1 is 0.848 bits per heavy atom. The lowest BCUT2D eigenvalue weighted by Gasteiger charge is -2.37. The number of ether oxygens (including phenoxy) is 1. The van der Waals surface area contributed by atoms with Gasteiger partial charge in [-0.25, -0.2) is 4.79 Å². The number of piperazine rings is 1. The highest BCUT2D eigenvalue weighted by Crippen LogP contribution is 2.23. The van der Waals surface area contributed by atoms with Gasteiger partial charge >= 0.3 is 6.09 Å². The van der Waals surface area contributed by atoms with Gasteiger partial charge in [0.25, 0.3) is 0 Å². The maximum Gasteiger partial charge on any atom is 0.410 e. The fraction of sp³-hybridized carbons (Fsp3) is 0.654. The van der Waals surface area contributed by atoms with E-state index in [4.69, 9.17) is 4.74 Å². The smallest absolute Gasteiger partial charge is 0.410 e. The third kappa shape index (κ3) is 8.06. The van der Waals surface area contributed by atoms with Crippen molar-refractivity contribution in [3.05, 3.63) is 35.9 Å². The number of carbonyl (C=O) groups excluding carboxylic acids is 3. The van der Waals surface area contributed by atoms with Crippen LogP contribution in [-0.2, 0) is 20.7 Å². The Morgan fingerprint density at radius 3 is 2.00 bits per heavy atom. The van der Waals surface area contributed by atoms with E-state index >= 15 is 0 Å². The maximum atomic E-state index is 12.8. The molecule has 0 spiro atoms. The molecule has 7 heteroatoms. The van der Waals surface area contributed by atoms with Crippen LogP contribution in [0.4, 0.5) is 4.79 Å². The summed E-state index contributed by atoms with van der Waals surface area (Å²) in [5.41, 5.74) is 0.771. The van der Waals surface area contributed by atoms with Gasteiger partial charge < -0.3 is 19.4 Å². The highest BCUT2D eigenvalue weighted by molar-refractivity contribution is 5.78. The number of amides is 3. The standard InChI is InChI=1S/C26H39N3O4/c1-26(2,3)33-25(32)29-14-12-22(13-15-29)20-24(31)28-18-16-27(17-19-28)23(30)11-7-10-21-8-5-4-6-9-21/h4-6,8-9,22H,7,10-20H2,1-3H3. The van der Waals surface area contributed by atoms with Gasteiger partial charge in [0.1, 0.15) is 5.60 Å². The molecule has 1 aromatic carbocycles. The molecule has 0 aliphatic carbocycles. The molecule has 0 saturated carbocycles. The lowest BCUT2D eigenvalue weighted by atomic mass is 9.93. The van der Waals surface area contributed by atoms with Crippen molar-refractivity contribution >= 4 is 17.9 Å². The largest absolute Gasteiger partial charge is 0.444 e. The van der Waals surface area contributed by atoms with Crippen molar-refractivity contribution in [2.24, 2.45) is 5.92 Å². The van der Waals surface area contributed by atoms with Crippen molar-refractivity contribution in [1.82, 2.24) is 14.7 Å². The van der Waals surface area contributed by atoms with E-state index < -0.39 is 5.60 Å². The molecule has 2 aliphatic rings. The number of likely N-dealkylation sites (tertiary alicyclic amines) is 1. The van der Waals surface area contributed by atoms with Gasteiger partial charge in [0.05, 0.1) is 0 Å². The quantitative estimate of drug-likeness (QED) is 0.653. The minimum atomic E-state index is -0.491. The number of rotatable bonds is 6. The Morgan fingerprint density at radius 2 is 1.42 bits per heavy atom. The zero-order valence-electron chi connectivity index (χ0n) is 20.4. The molecule has 182 valence electrons. The number of hydrogen-bond donors (Lipinski definition) is 0. The molecule has 1 aromatic rings. The van der Waals surface area contributed by atoms with Crippen LogP contribution in [0.25, 0.3) is 0 Å². The van der Waals surface area contributed by atoms with E-state index in [0.29, 0.717) is 58.0 Å². The number of nitrogens with zero attached hydrogens (tertiary/aromatic N) is 3. The second kappa shape index (κ2) is 11.5. The second-order valence-corrected chi connectivity index (χ2v) is 10.2. The zero-order valence-corrected chi connectivity index (χ0v) is 20.4. The molecule has 0 unspecified atom stereocenters. The first-order valence-corrected chi connectivity index (χ1v) is 12.3. The van der Waals surface area contributed by atoms with Crippen LogP contribution < -0.4 is 0 Å². The molecule has 33 heavy (non-hydrogen) atoms. The average Bonchev–Trinajstić information content (AvgIpc) is 2.79. The molecule has 0 N–H and O–H groups in total. The second-order valence-electron chi connectivity index (χ2n) is 10.2. The van der Waals surface area contributed by atoms with Crippen LogP contribution in [0.3, 0.4) is 0 Å². The van der Waals surface area contributed by atoms with Gasteiger partial charge in [-0.15, -0.1) is 0 Å². The Labute approximate surface area is 198 Å². The molecule has 3 rings (SSSR count). The number of aryl methyl sites for hydroxylation is 1. The van der Waals surface area contributed by atoms with Crippen molar-refractivity contribution in [2.75, 3.05) is 39.3 Å². The average molecular weight is 458 g/mol. The number of piperidine rings is 1. The number of hydrogen-bond acceptors (Lipinski definition) is 4. The van der Waals surface area contributed by atoms with Crippen LogP contribution >= 0.6 is 0 Å². The van der Waals surface area contributed by atoms with Gasteiger partial charge in [0.15, 0.2) is 0 Å². The molecule has 0 radical (unpaired) electrons. The summed E-state index contributed by atoms with van der Waals surface area (Å²) in [6.45, 7) is 9.34. The molecule has 2 saturated heterocycles. The van der Waals surface area contributed by atoms with Crippen molar-refractivity contribution in [3.63, 3.8) is 0 Å². The molecule has 2 fully saturated rings. The Hall–Kier alpha value is -2.57. The van der Waals surface area contributed by atoms with Crippen LogP contribution in [0.2, 0.25) is 0 Å². The SMILES string of the molecule is CC(C)(C)OC(=O)N1CCC(CC(=O)N2CCN(C(=O)CCCc3ccccc3)CC2)CC1. The Kier molecular flexibility index (Phi) is 8.75. The number of benzene rings is 1. The lowest BCUT2D eigenvalue weighted by Crippen LogP contribution is -2.51. The summed E-state index contributed by atoms with van der Waals surface area (Å²) in [5.74, 6) is 0.656. The first-order valence-electron chi connectivity index (χ1n) is 12.3. The summed E-state index contributed by atoms with van der Waals surface area (Å²) >= 11 is 0. The van der Waals surface area contributed by atoms with Crippen molar-refractivity contribution in [2.45, 2.75) is 64.9 Å². The molecular weight excluding hydrogens is 418 g/mol. The third-order valence-electron chi connectivity index (χ3n) is 6.41. The van der Waals surface area contributed by atoms with E-state index in [1.807, 2.05) is 48.8 Å². The van der Waals surface area contributed by atoms with Crippen molar-refractivity contribution in [3.8, 4) is 0 Å². The topological polar surface area (TPSA) is 70.2 Å². The van der Waals surface area contributed by atoms with Crippen LogP contribution in [0.15, 0.2) is 30.3 Å². The molecule has 2 heterocycles. The van der Waals surface area contributed by atoms with E-state index in [0.717, 1.165) is 25.7 Å². The summed E-state index contributed by atoms with van der Waals surface area (Å²) in [6.07, 6.45) is 4.22. The molecule has 0 bridgehead atoms. The molecule has 0 aromatic heterocycles. The minimum absolute atomic E-state index is 0.168. The monoisotopic (exact) mass is 457 g/mol. The predicted molar refractivity (Wildman–Crippen MR) is 128 cm³/mol. The molecular formula is C26H39N3O4. The summed E-state index contributed by atoms with van der Waals surface area (Å²) in [5, 5.41) is 0. The maximum absolute atomic E-state index is 12.8. The normalized spacial score (nSPS) is 17.7. The van der Waals surface area contributed by atoms with Gasteiger partial charge in [-0.2, -0.15) is 0 Å². The van der Waals surface area contributed by atoms with E-state index in [9.17, 15) is 14.4 Å². The third-order valence-corrected chi connectivity index (χ3v) is 6.41. The van der Waals surface area contributed by atoms with Gasteiger partial charge in [-0.05, 0) is 57.9 Å². The first kappa shape index (κ1) is 25.1. The highest BCUT2D eigenvalue weighted by Gasteiger charge is 2.30. The van der Waals surface area contributed by atoms with E-state index in [-0.39, 0.29) is 17.9 Å². The summed E-state index contributed by atoms with van der Waals surface area (Å²) in [7, 11) is 0. The Bertz CT molecular complexity index is 790. The van der Waals surface area contributed by atoms with E-state index in [2.05, 4.69) is 12.1 Å². The van der Waals surface area contributed by atoms with Crippen LogP contribution in [0.5, 0.6) is 0 Å². The molecule has 3 amide bonds. The summed E-state index contributed by atoms with van der Waals surface area (Å²) in [4.78, 5) is 43.1. The molecule has 0 atom stereocenters. The summed E-state index contributed by atoms with van der Waals surface area (Å²) < 4.78 is 5.44. The van der Waals surface area contributed by atoms with Crippen LogP contribution in [0.1, 0.15) is 58.4 Å². The summed E-state index contributed by atoms with van der Waals surface area (Å²) in [6, 6.07) is 10.2. The zero-order chi connectivity index (χ0) is 23.8. The molecule has 2 aliphatic heterocycles. The van der Waals surface area contributed by atoms with Gasteiger partial charge in [-0.3, -0.25) is 9.59 Å². The van der Waals surface area contributed by atoms with Gasteiger partial charge in [-0.1, -0.05) is 30.3 Å². The van der Waals surface area contributed by atoms with Gasteiger partial charge in [0.2, 0.25) is 11.8 Å². The minimum Gasteiger partial charge on any atom is -0.444 e. The van der Waals surface area contributed by atoms with E-state index in [1.165, 1.54) is 5.56 Å². The number of carbonyl (C=O) groups is 3. The van der Waals surface area contributed by atoms with E-state index in [1.54, 1.807) is 4.90 Å². The van der Waals surface area contributed by atoms with Crippen LogP contribution in [-0.4, -0.2) is 77.5 Å². The highest BCUT2D eigenvalue weighted by atomic mass is 16.6. The lowest BCUT2D eigenvalue weighted by molar-refractivity contribution is -0.140. The van der Waals surface area contributed by atoms with Crippen molar-refractivity contribution < 1.29 is 19.1 Å². The fourth-order valence-corrected chi connectivity index (χ4v) is 4.47. The Balaban J connectivity index is 1.32. The predicted octanol–water partition coefficient (Wildman–Crippen LogP) is 3.72. The first-order chi connectivity index (χ1) is 15.7. The molecule has 7 nitrogen and oxygen atoms in total. The fourth-order valence-electron chi connectivity index (χ4n) is 4.47.